The van der Waals surface area contributed by atoms with Gasteiger partial charge in [-0.25, -0.2) is 4.79 Å². The highest BCUT2D eigenvalue weighted by Gasteiger charge is 2.16. The molecule has 0 aliphatic heterocycles. The Balaban J connectivity index is 2.39. The Morgan fingerprint density at radius 2 is 1.86 bits per heavy atom. The smallest absolute Gasteiger partial charge is 0.411 e. The fourth-order valence-corrected chi connectivity index (χ4v) is 2.04. The SMILES string of the molecule is COC(=O)Nc1cc(OC)ccc1C(N)c1ccccc1. The van der Waals surface area contributed by atoms with Gasteiger partial charge in [-0.05, 0) is 17.2 Å². The Bertz CT molecular complexity index is 614. The van der Waals surface area contributed by atoms with E-state index in [9.17, 15) is 4.79 Å². The lowest BCUT2D eigenvalue weighted by Crippen LogP contribution is -2.18. The van der Waals surface area contributed by atoms with Crippen LogP contribution in [0.2, 0.25) is 0 Å². The molecule has 1 unspecified atom stereocenters. The van der Waals surface area contributed by atoms with Crippen molar-refractivity contribution in [3.8, 4) is 5.75 Å². The number of carbonyl (C=O) groups is 1. The highest BCUT2D eigenvalue weighted by atomic mass is 16.5. The number of carbonyl (C=O) groups excluding carboxylic acids is 1. The molecule has 0 aromatic heterocycles. The number of rotatable bonds is 4. The van der Waals surface area contributed by atoms with Crippen LogP contribution in [-0.2, 0) is 4.74 Å². The molecule has 0 radical (unpaired) electrons. The fourth-order valence-electron chi connectivity index (χ4n) is 2.04. The molecule has 2 aromatic rings. The molecular weight excluding hydrogens is 268 g/mol. The third-order valence-corrected chi connectivity index (χ3v) is 3.18. The third-order valence-electron chi connectivity index (χ3n) is 3.18. The Labute approximate surface area is 123 Å². The number of anilines is 1. The second-order valence-electron chi connectivity index (χ2n) is 4.46. The second-order valence-corrected chi connectivity index (χ2v) is 4.46. The van der Waals surface area contributed by atoms with Gasteiger partial charge < -0.3 is 15.2 Å². The summed E-state index contributed by atoms with van der Waals surface area (Å²) in [4.78, 5) is 11.5. The number of nitrogens with one attached hydrogen (secondary N) is 1. The zero-order chi connectivity index (χ0) is 15.2. The van der Waals surface area contributed by atoms with Crippen LogP contribution in [0, 0.1) is 0 Å². The monoisotopic (exact) mass is 286 g/mol. The predicted octanol–water partition coefficient (Wildman–Crippen LogP) is 2.92. The quantitative estimate of drug-likeness (QED) is 0.906. The van der Waals surface area contributed by atoms with Gasteiger partial charge in [-0.15, -0.1) is 0 Å². The highest BCUT2D eigenvalue weighted by Crippen LogP contribution is 2.30. The summed E-state index contributed by atoms with van der Waals surface area (Å²) in [6.45, 7) is 0. The van der Waals surface area contributed by atoms with Crippen LogP contribution in [0.25, 0.3) is 0 Å². The Morgan fingerprint density at radius 3 is 2.48 bits per heavy atom. The number of methoxy groups -OCH3 is 2. The summed E-state index contributed by atoms with van der Waals surface area (Å²) in [5.41, 5.74) is 8.60. The van der Waals surface area contributed by atoms with Gasteiger partial charge in [0.1, 0.15) is 5.75 Å². The van der Waals surface area contributed by atoms with E-state index in [2.05, 4.69) is 10.1 Å². The lowest BCUT2D eigenvalue weighted by Gasteiger charge is -2.18. The summed E-state index contributed by atoms with van der Waals surface area (Å²) in [5, 5.41) is 2.66. The van der Waals surface area contributed by atoms with Crippen LogP contribution in [0.4, 0.5) is 10.5 Å². The van der Waals surface area contributed by atoms with Gasteiger partial charge >= 0.3 is 6.09 Å². The van der Waals surface area contributed by atoms with Crippen LogP contribution in [0.15, 0.2) is 48.5 Å². The number of amides is 1. The van der Waals surface area contributed by atoms with Crippen LogP contribution >= 0.6 is 0 Å². The molecule has 0 heterocycles. The maximum absolute atomic E-state index is 11.5. The van der Waals surface area contributed by atoms with Crippen LogP contribution in [0.5, 0.6) is 5.75 Å². The maximum atomic E-state index is 11.5. The zero-order valence-corrected chi connectivity index (χ0v) is 12.0. The molecule has 3 N–H and O–H groups in total. The van der Waals surface area contributed by atoms with Crippen molar-refractivity contribution in [2.75, 3.05) is 19.5 Å². The third kappa shape index (κ3) is 3.52. The van der Waals surface area contributed by atoms with E-state index in [0.717, 1.165) is 11.1 Å². The van der Waals surface area contributed by atoms with E-state index < -0.39 is 6.09 Å². The van der Waals surface area contributed by atoms with E-state index >= 15 is 0 Å². The van der Waals surface area contributed by atoms with E-state index in [-0.39, 0.29) is 6.04 Å². The van der Waals surface area contributed by atoms with Gasteiger partial charge in [0, 0.05) is 6.07 Å². The fraction of sp³-hybridized carbons (Fsp3) is 0.188. The van der Waals surface area contributed by atoms with Crippen LogP contribution in [0.1, 0.15) is 17.2 Å². The van der Waals surface area contributed by atoms with Gasteiger partial charge in [0.25, 0.3) is 0 Å². The van der Waals surface area contributed by atoms with Crippen molar-refractivity contribution >= 4 is 11.8 Å². The van der Waals surface area contributed by atoms with E-state index in [1.165, 1.54) is 7.11 Å². The van der Waals surface area contributed by atoms with E-state index in [1.807, 2.05) is 36.4 Å². The molecule has 21 heavy (non-hydrogen) atoms. The molecular formula is C16H18N2O3. The molecule has 2 rings (SSSR count). The Morgan fingerprint density at radius 1 is 1.14 bits per heavy atom. The largest absolute Gasteiger partial charge is 0.497 e. The van der Waals surface area contributed by atoms with Gasteiger partial charge in [0.15, 0.2) is 0 Å². The maximum Gasteiger partial charge on any atom is 0.411 e. The topological polar surface area (TPSA) is 73.6 Å². The summed E-state index contributed by atoms with van der Waals surface area (Å²) < 4.78 is 9.81. The van der Waals surface area contributed by atoms with Gasteiger partial charge in [-0.1, -0.05) is 36.4 Å². The first-order chi connectivity index (χ1) is 10.2. The number of hydrogen-bond acceptors (Lipinski definition) is 4. The lowest BCUT2D eigenvalue weighted by atomic mass is 9.98. The minimum absolute atomic E-state index is 0.357. The molecule has 1 amide bonds. The molecule has 0 saturated carbocycles. The second kappa shape index (κ2) is 6.76. The van der Waals surface area contributed by atoms with E-state index in [0.29, 0.717) is 11.4 Å². The number of ether oxygens (including phenoxy) is 2. The van der Waals surface area contributed by atoms with Crippen LogP contribution in [-0.4, -0.2) is 20.3 Å². The molecule has 0 aliphatic rings. The molecule has 110 valence electrons. The van der Waals surface area contributed by atoms with E-state index in [4.69, 9.17) is 10.5 Å². The summed E-state index contributed by atoms with van der Waals surface area (Å²) in [7, 11) is 2.88. The predicted molar refractivity (Wildman–Crippen MR) is 81.5 cm³/mol. The van der Waals surface area contributed by atoms with Crippen molar-refractivity contribution in [2.24, 2.45) is 5.73 Å². The first-order valence-corrected chi connectivity index (χ1v) is 6.49. The number of nitrogens with two attached hydrogens (primary N) is 1. The minimum atomic E-state index is -0.551. The molecule has 0 fully saturated rings. The summed E-state index contributed by atoms with van der Waals surface area (Å²) >= 11 is 0. The van der Waals surface area contributed by atoms with Gasteiger partial charge in [-0.3, -0.25) is 5.32 Å². The van der Waals surface area contributed by atoms with Crippen molar-refractivity contribution < 1.29 is 14.3 Å². The molecule has 5 nitrogen and oxygen atoms in total. The minimum Gasteiger partial charge on any atom is -0.497 e. The summed E-state index contributed by atoms with van der Waals surface area (Å²) in [5.74, 6) is 0.630. The van der Waals surface area contributed by atoms with Crippen molar-refractivity contribution in [2.45, 2.75) is 6.04 Å². The van der Waals surface area contributed by atoms with Crippen molar-refractivity contribution in [1.82, 2.24) is 0 Å². The highest BCUT2D eigenvalue weighted by molar-refractivity contribution is 5.86. The Hall–Kier alpha value is -2.53. The summed E-state index contributed by atoms with van der Waals surface area (Å²) in [6.07, 6.45) is -0.551. The molecule has 0 saturated heterocycles. The zero-order valence-electron chi connectivity index (χ0n) is 12.0. The van der Waals surface area contributed by atoms with Gasteiger partial charge in [0.05, 0.1) is 25.9 Å². The van der Waals surface area contributed by atoms with Crippen molar-refractivity contribution in [1.29, 1.82) is 0 Å². The lowest BCUT2D eigenvalue weighted by molar-refractivity contribution is 0.187. The van der Waals surface area contributed by atoms with Gasteiger partial charge in [-0.2, -0.15) is 0 Å². The first kappa shape index (κ1) is 14.9. The molecule has 0 bridgehead atoms. The molecule has 2 aromatic carbocycles. The van der Waals surface area contributed by atoms with Crippen LogP contribution < -0.4 is 15.8 Å². The van der Waals surface area contributed by atoms with E-state index in [1.54, 1.807) is 19.2 Å². The number of hydrogen-bond donors (Lipinski definition) is 2. The number of benzene rings is 2. The average Bonchev–Trinajstić information content (AvgIpc) is 2.54. The molecule has 0 aliphatic carbocycles. The molecule has 5 heteroatoms. The first-order valence-electron chi connectivity index (χ1n) is 6.49. The molecule has 1 atom stereocenters. The standard InChI is InChI=1S/C16H18N2O3/c1-20-12-8-9-13(14(10-12)18-16(19)21-2)15(17)11-6-4-3-5-7-11/h3-10,15H,17H2,1-2H3,(H,18,19). The summed E-state index contributed by atoms with van der Waals surface area (Å²) in [6, 6.07) is 14.7. The van der Waals surface area contributed by atoms with Crippen molar-refractivity contribution in [3.05, 3.63) is 59.7 Å². The van der Waals surface area contributed by atoms with Crippen LogP contribution in [0.3, 0.4) is 0 Å². The van der Waals surface area contributed by atoms with Gasteiger partial charge in [0.2, 0.25) is 0 Å². The molecule has 0 spiro atoms. The Kier molecular flexibility index (Phi) is 4.79. The normalized spacial score (nSPS) is 11.6. The van der Waals surface area contributed by atoms with Crippen molar-refractivity contribution in [3.63, 3.8) is 0 Å². The average molecular weight is 286 g/mol.